The molecule has 82 valence electrons. The highest BCUT2D eigenvalue weighted by Crippen LogP contribution is 2.23. The van der Waals surface area contributed by atoms with Gasteiger partial charge in [-0.1, -0.05) is 6.07 Å². The number of ether oxygens (including phenoxy) is 2. The molecular formula is C11H10N2O3. The lowest BCUT2D eigenvalue weighted by molar-refractivity contribution is 0.408. The first-order chi connectivity index (χ1) is 7.78. The Hall–Kier alpha value is -2.30. The van der Waals surface area contributed by atoms with Crippen molar-refractivity contribution in [2.45, 2.75) is 0 Å². The first kappa shape index (κ1) is 10.2. The summed E-state index contributed by atoms with van der Waals surface area (Å²) in [6.45, 7) is 0. The minimum absolute atomic E-state index is 0.305. The van der Waals surface area contributed by atoms with E-state index in [4.69, 9.17) is 9.47 Å². The molecule has 1 heterocycles. The van der Waals surface area contributed by atoms with E-state index in [0.717, 1.165) is 0 Å². The highest BCUT2D eigenvalue weighted by molar-refractivity contribution is 5.35. The maximum absolute atomic E-state index is 11.0. The van der Waals surface area contributed by atoms with Crippen LogP contribution in [0, 0.1) is 0 Å². The van der Waals surface area contributed by atoms with Gasteiger partial charge in [-0.2, -0.15) is 5.10 Å². The summed E-state index contributed by atoms with van der Waals surface area (Å²) < 4.78 is 10.5. The SMILES string of the molecule is COc1cccc(Oc2cn[nH]c(=O)c2)c1. The van der Waals surface area contributed by atoms with E-state index in [1.807, 2.05) is 6.07 Å². The Morgan fingerprint density at radius 3 is 2.75 bits per heavy atom. The Kier molecular flexibility index (Phi) is 2.86. The first-order valence-electron chi connectivity index (χ1n) is 4.64. The number of benzene rings is 1. The number of hydrogen-bond acceptors (Lipinski definition) is 4. The van der Waals surface area contributed by atoms with Gasteiger partial charge in [-0.3, -0.25) is 4.79 Å². The lowest BCUT2D eigenvalue weighted by Crippen LogP contribution is -2.05. The number of aromatic amines is 1. The van der Waals surface area contributed by atoms with Crippen molar-refractivity contribution in [3.05, 3.63) is 46.9 Å². The van der Waals surface area contributed by atoms with E-state index in [-0.39, 0.29) is 5.56 Å². The first-order valence-corrected chi connectivity index (χ1v) is 4.64. The normalized spacial score (nSPS) is 9.81. The minimum Gasteiger partial charge on any atom is -0.497 e. The van der Waals surface area contributed by atoms with E-state index < -0.39 is 0 Å². The Labute approximate surface area is 91.6 Å². The molecule has 0 amide bonds. The molecule has 5 nitrogen and oxygen atoms in total. The molecule has 1 aromatic heterocycles. The summed E-state index contributed by atoms with van der Waals surface area (Å²) in [5, 5.41) is 5.90. The van der Waals surface area contributed by atoms with Crippen molar-refractivity contribution in [1.82, 2.24) is 10.2 Å². The third-order valence-corrected chi connectivity index (χ3v) is 1.92. The van der Waals surface area contributed by atoms with Crippen LogP contribution in [0.4, 0.5) is 0 Å². The number of nitrogens with zero attached hydrogens (tertiary/aromatic N) is 1. The molecule has 0 aliphatic carbocycles. The van der Waals surface area contributed by atoms with Crippen LogP contribution in [-0.2, 0) is 0 Å². The molecule has 5 heteroatoms. The number of H-pyrrole nitrogens is 1. The van der Waals surface area contributed by atoms with Crippen molar-refractivity contribution >= 4 is 0 Å². The van der Waals surface area contributed by atoms with Gasteiger partial charge in [0, 0.05) is 12.1 Å². The number of aromatic nitrogens is 2. The van der Waals surface area contributed by atoms with E-state index in [2.05, 4.69) is 10.2 Å². The Balaban J connectivity index is 2.23. The number of methoxy groups -OCH3 is 1. The van der Waals surface area contributed by atoms with Crippen LogP contribution < -0.4 is 15.0 Å². The number of rotatable bonds is 3. The quantitative estimate of drug-likeness (QED) is 0.849. The standard InChI is InChI=1S/C11H10N2O3/c1-15-8-3-2-4-9(5-8)16-10-6-11(14)13-12-7-10/h2-7H,1H3,(H,13,14). The van der Waals surface area contributed by atoms with Crippen LogP contribution in [0.2, 0.25) is 0 Å². The van der Waals surface area contributed by atoms with Gasteiger partial charge in [0.1, 0.15) is 11.5 Å². The van der Waals surface area contributed by atoms with E-state index in [9.17, 15) is 4.79 Å². The van der Waals surface area contributed by atoms with Crippen LogP contribution in [0.15, 0.2) is 41.3 Å². The molecule has 0 saturated heterocycles. The smallest absolute Gasteiger partial charge is 0.267 e. The Bertz CT molecular complexity index is 537. The number of hydrogen-bond donors (Lipinski definition) is 1. The summed E-state index contributed by atoms with van der Waals surface area (Å²) in [4.78, 5) is 11.0. The predicted molar refractivity (Wildman–Crippen MR) is 57.9 cm³/mol. The summed E-state index contributed by atoms with van der Waals surface area (Å²) in [6, 6.07) is 8.43. The van der Waals surface area contributed by atoms with Gasteiger partial charge in [0.05, 0.1) is 13.3 Å². The minimum atomic E-state index is -0.305. The molecule has 16 heavy (non-hydrogen) atoms. The molecule has 0 aliphatic rings. The van der Waals surface area contributed by atoms with Crippen molar-refractivity contribution in [2.75, 3.05) is 7.11 Å². The predicted octanol–water partition coefficient (Wildman–Crippen LogP) is 1.57. The molecule has 0 fully saturated rings. The second kappa shape index (κ2) is 4.48. The second-order valence-electron chi connectivity index (χ2n) is 3.06. The Morgan fingerprint density at radius 1 is 1.19 bits per heavy atom. The topological polar surface area (TPSA) is 64.2 Å². The highest BCUT2D eigenvalue weighted by Gasteiger charge is 1.99. The van der Waals surface area contributed by atoms with Crippen molar-refractivity contribution < 1.29 is 9.47 Å². The summed E-state index contributed by atoms with van der Waals surface area (Å²) in [5.41, 5.74) is -0.305. The lowest BCUT2D eigenvalue weighted by Gasteiger charge is -2.05. The van der Waals surface area contributed by atoms with Gasteiger partial charge in [-0.15, -0.1) is 0 Å². The van der Waals surface area contributed by atoms with E-state index in [1.165, 1.54) is 12.3 Å². The molecule has 2 aromatic rings. The molecule has 1 aromatic carbocycles. The summed E-state index contributed by atoms with van der Waals surface area (Å²) in [7, 11) is 1.58. The molecule has 0 radical (unpaired) electrons. The third-order valence-electron chi connectivity index (χ3n) is 1.92. The lowest BCUT2D eigenvalue weighted by atomic mass is 10.3. The third kappa shape index (κ3) is 2.38. The average Bonchev–Trinajstić information content (AvgIpc) is 2.29. The van der Waals surface area contributed by atoms with Crippen molar-refractivity contribution in [1.29, 1.82) is 0 Å². The van der Waals surface area contributed by atoms with E-state index >= 15 is 0 Å². The zero-order valence-corrected chi connectivity index (χ0v) is 8.64. The van der Waals surface area contributed by atoms with Crippen molar-refractivity contribution in [3.8, 4) is 17.2 Å². The molecular weight excluding hydrogens is 208 g/mol. The second-order valence-corrected chi connectivity index (χ2v) is 3.06. The number of nitrogens with one attached hydrogen (secondary N) is 1. The summed E-state index contributed by atoms with van der Waals surface area (Å²) in [5.74, 6) is 1.67. The van der Waals surface area contributed by atoms with Crippen LogP contribution in [-0.4, -0.2) is 17.3 Å². The molecule has 0 spiro atoms. The van der Waals surface area contributed by atoms with Crippen molar-refractivity contribution in [2.24, 2.45) is 0 Å². The molecule has 0 saturated carbocycles. The molecule has 2 rings (SSSR count). The van der Waals surface area contributed by atoms with Gasteiger partial charge in [0.25, 0.3) is 5.56 Å². The fraction of sp³-hybridized carbons (Fsp3) is 0.0909. The Morgan fingerprint density at radius 2 is 2.00 bits per heavy atom. The monoisotopic (exact) mass is 218 g/mol. The summed E-state index contributed by atoms with van der Waals surface area (Å²) >= 11 is 0. The summed E-state index contributed by atoms with van der Waals surface area (Å²) in [6.07, 6.45) is 1.43. The van der Waals surface area contributed by atoms with Gasteiger partial charge in [-0.05, 0) is 12.1 Å². The van der Waals surface area contributed by atoms with Gasteiger partial charge in [0.15, 0.2) is 5.75 Å². The molecule has 0 unspecified atom stereocenters. The van der Waals surface area contributed by atoms with Crippen LogP contribution in [0.5, 0.6) is 17.2 Å². The molecule has 0 bridgehead atoms. The van der Waals surface area contributed by atoms with Crippen molar-refractivity contribution in [3.63, 3.8) is 0 Å². The molecule has 1 N–H and O–H groups in total. The maximum Gasteiger partial charge on any atom is 0.267 e. The van der Waals surface area contributed by atoms with Crippen LogP contribution >= 0.6 is 0 Å². The largest absolute Gasteiger partial charge is 0.497 e. The van der Waals surface area contributed by atoms with Crippen LogP contribution in [0.1, 0.15) is 0 Å². The van der Waals surface area contributed by atoms with E-state index in [1.54, 1.807) is 25.3 Å². The maximum atomic E-state index is 11.0. The van der Waals surface area contributed by atoms with E-state index in [0.29, 0.717) is 17.2 Å². The van der Waals surface area contributed by atoms with Crippen LogP contribution in [0.3, 0.4) is 0 Å². The fourth-order valence-electron chi connectivity index (χ4n) is 1.21. The zero-order chi connectivity index (χ0) is 11.4. The molecule has 0 aliphatic heterocycles. The fourth-order valence-corrected chi connectivity index (χ4v) is 1.21. The van der Waals surface area contributed by atoms with Crippen LogP contribution in [0.25, 0.3) is 0 Å². The highest BCUT2D eigenvalue weighted by atomic mass is 16.5. The average molecular weight is 218 g/mol. The van der Waals surface area contributed by atoms with Gasteiger partial charge < -0.3 is 9.47 Å². The zero-order valence-electron chi connectivity index (χ0n) is 8.64. The van der Waals surface area contributed by atoms with Gasteiger partial charge >= 0.3 is 0 Å². The van der Waals surface area contributed by atoms with Gasteiger partial charge in [0.2, 0.25) is 0 Å². The van der Waals surface area contributed by atoms with Gasteiger partial charge in [-0.25, -0.2) is 5.10 Å². The molecule has 0 atom stereocenters.